The Bertz CT molecular complexity index is 1770. The van der Waals surface area contributed by atoms with Crippen molar-refractivity contribution in [1.82, 2.24) is 15.2 Å². The Labute approximate surface area is 197 Å². The van der Waals surface area contributed by atoms with Gasteiger partial charge in [0.05, 0.1) is 27.1 Å². The third-order valence-corrected chi connectivity index (χ3v) is 6.30. The highest BCUT2D eigenvalue weighted by Gasteiger charge is 2.25. The molecule has 0 aliphatic rings. The Balaban J connectivity index is 1.72. The maximum absolute atomic E-state index is 14.7. The molecular formula is C23H15FN6O4S. The zero-order chi connectivity index (χ0) is 24.9. The van der Waals surface area contributed by atoms with Gasteiger partial charge >= 0.3 is 0 Å². The molecule has 0 radical (unpaired) electrons. The van der Waals surface area contributed by atoms with Crippen LogP contribution in [0.5, 0.6) is 5.75 Å². The van der Waals surface area contributed by atoms with Gasteiger partial charge in [-0.1, -0.05) is 0 Å². The SMILES string of the molecule is N#Cc1c(-c2ccc(O)cc2F)nc2n[nH]c(N)c2c1-c1ccc(-c2ccc(S(N)(=O)=O)cc2)o1. The number of rotatable bonds is 4. The van der Waals surface area contributed by atoms with Crippen molar-refractivity contribution in [3.8, 4) is 45.7 Å². The minimum Gasteiger partial charge on any atom is -0.508 e. The number of fused-ring (bicyclic) bond motifs is 1. The van der Waals surface area contributed by atoms with E-state index in [4.69, 9.17) is 15.3 Å². The maximum Gasteiger partial charge on any atom is 0.238 e. The smallest absolute Gasteiger partial charge is 0.238 e. The molecule has 6 N–H and O–H groups in total. The fourth-order valence-corrected chi connectivity index (χ4v) is 4.28. The summed E-state index contributed by atoms with van der Waals surface area (Å²) in [5, 5.41) is 31.7. The Morgan fingerprint density at radius 2 is 1.80 bits per heavy atom. The summed E-state index contributed by atoms with van der Waals surface area (Å²) in [5.74, 6) is -0.327. The number of nitrogens with one attached hydrogen (secondary N) is 1. The molecule has 0 atom stereocenters. The maximum atomic E-state index is 14.7. The highest BCUT2D eigenvalue weighted by molar-refractivity contribution is 7.89. The number of furan rings is 1. The number of phenolic OH excluding ortho intramolecular Hbond substituents is 1. The first-order chi connectivity index (χ1) is 16.7. The lowest BCUT2D eigenvalue weighted by molar-refractivity contribution is 0.469. The van der Waals surface area contributed by atoms with Crippen molar-refractivity contribution in [3.63, 3.8) is 0 Å². The minimum absolute atomic E-state index is 0.00513. The second-order valence-corrected chi connectivity index (χ2v) is 9.12. The molecule has 0 aliphatic heterocycles. The number of halogens is 1. The van der Waals surface area contributed by atoms with Gasteiger partial charge in [0.15, 0.2) is 5.65 Å². The molecule has 0 amide bonds. The van der Waals surface area contributed by atoms with E-state index in [9.17, 15) is 23.2 Å². The first kappa shape index (κ1) is 22.1. The zero-order valence-corrected chi connectivity index (χ0v) is 18.5. The number of nitrogen functional groups attached to an aromatic ring is 1. The molecule has 12 heteroatoms. The average molecular weight is 490 g/mol. The lowest BCUT2D eigenvalue weighted by atomic mass is 9.97. The van der Waals surface area contributed by atoms with Crippen molar-refractivity contribution < 1.29 is 22.3 Å². The van der Waals surface area contributed by atoms with Crippen LogP contribution in [0.3, 0.4) is 0 Å². The topological polar surface area (TPSA) is 185 Å². The number of nitriles is 1. The number of pyridine rings is 1. The van der Waals surface area contributed by atoms with Gasteiger partial charge in [-0.25, -0.2) is 22.9 Å². The highest BCUT2D eigenvalue weighted by atomic mass is 32.2. The third kappa shape index (κ3) is 3.74. The second-order valence-electron chi connectivity index (χ2n) is 7.56. The van der Waals surface area contributed by atoms with Gasteiger partial charge in [-0.3, -0.25) is 5.10 Å². The predicted octanol–water partition coefficient (Wildman–Crippen LogP) is 3.50. The number of hydrogen-bond donors (Lipinski definition) is 4. The van der Waals surface area contributed by atoms with E-state index in [1.807, 2.05) is 0 Å². The van der Waals surface area contributed by atoms with Crippen LogP contribution in [0.1, 0.15) is 5.56 Å². The molecule has 0 spiro atoms. The van der Waals surface area contributed by atoms with Gasteiger partial charge in [0.25, 0.3) is 0 Å². The number of nitrogens with two attached hydrogens (primary N) is 2. The summed E-state index contributed by atoms with van der Waals surface area (Å²) in [6.07, 6.45) is 0. The molecule has 0 unspecified atom stereocenters. The average Bonchev–Trinajstić information content (AvgIpc) is 3.45. The zero-order valence-electron chi connectivity index (χ0n) is 17.7. The summed E-state index contributed by atoms with van der Waals surface area (Å²) in [5.41, 5.74) is 6.96. The van der Waals surface area contributed by atoms with E-state index < -0.39 is 15.8 Å². The number of anilines is 1. The quantitative estimate of drug-likeness (QED) is 0.295. The number of aromatic nitrogens is 3. The van der Waals surface area contributed by atoms with Crippen molar-refractivity contribution in [2.24, 2.45) is 5.14 Å². The summed E-state index contributed by atoms with van der Waals surface area (Å²) in [6.45, 7) is 0. The Kier molecular flexibility index (Phi) is 5.01. The third-order valence-electron chi connectivity index (χ3n) is 5.37. The summed E-state index contributed by atoms with van der Waals surface area (Å²) < 4.78 is 43.7. The van der Waals surface area contributed by atoms with Crippen molar-refractivity contribution in [3.05, 3.63) is 66.0 Å². The van der Waals surface area contributed by atoms with Gasteiger partial charge in [-0.2, -0.15) is 10.4 Å². The highest BCUT2D eigenvalue weighted by Crippen LogP contribution is 2.41. The molecule has 0 bridgehead atoms. The molecule has 3 aromatic heterocycles. The number of primary sulfonamides is 1. The van der Waals surface area contributed by atoms with Crippen molar-refractivity contribution in [1.29, 1.82) is 5.26 Å². The molecule has 0 aliphatic carbocycles. The summed E-state index contributed by atoms with van der Waals surface area (Å²) in [7, 11) is -3.85. The molecule has 0 saturated carbocycles. The summed E-state index contributed by atoms with van der Waals surface area (Å²) in [4.78, 5) is 4.28. The number of nitrogens with zero attached hydrogens (tertiary/aromatic N) is 3. The van der Waals surface area contributed by atoms with Crippen LogP contribution < -0.4 is 10.9 Å². The molecular weight excluding hydrogens is 475 g/mol. The Hall–Kier alpha value is -4.73. The molecule has 2 aromatic carbocycles. The van der Waals surface area contributed by atoms with Gasteiger partial charge in [0, 0.05) is 17.2 Å². The van der Waals surface area contributed by atoms with Crippen molar-refractivity contribution >= 4 is 26.9 Å². The predicted molar refractivity (Wildman–Crippen MR) is 125 cm³/mol. The van der Waals surface area contributed by atoms with Gasteiger partial charge in [-0.15, -0.1) is 0 Å². The van der Waals surface area contributed by atoms with Gasteiger partial charge in [0.1, 0.15) is 35.0 Å². The molecule has 0 saturated heterocycles. The summed E-state index contributed by atoms with van der Waals surface area (Å²) >= 11 is 0. The monoisotopic (exact) mass is 490 g/mol. The van der Waals surface area contributed by atoms with Crippen molar-refractivity contribution in [2.75, 3.05) is 5.73 Å². The van der Waals surface area contributed by atoms with E-state index in [2.05, 4.69) is 21.3 Å². The lowest BCUT2D eigenvalue weighted by Crippen LogP contribution is -2.11. The number of aromatic amines is 1. The Morgan fingerprint density at radius 1 is 1.09 bits per heavy atom. The fourth-order valence-electron chi connectivity index (χ4n) is 3.76. The van der Waals surface area contributed by atoms with Crippen LogP contribution in [0.15, 0.2) is 63.9 Å². The molecule has 174 valence electrons. The summed E-state index contributed by atoms with van der Waals surface area (Å²) in [6, 6.07) is 14.5. The molecule has 3 heterocycles. The molecule has 35 heavy (non-hydrogen) atoms. The standard InChI is InChI=1S/C23H15FN6O4S/c24-16-9-12(31)3-6-14(16)21-15(10-25)19(20-22(26)29-30-23(20)28-21)18-8-7-17(34-18)11-1-4-13(5-2-11)35(27,32)33/h1-9,31H,(H2,27,32,33)(H3,26,28,29,30). The lowest BCUT2D eigenvalue weighted by Gasteiger charge is -2.10. The van der Waals surface area contributed by atoms with E-state index in [0.717, 1.165) is 6.07 Å². The van der Waals surface area contributed by atoms with Gasteiger partial charge in [-0.05, 0) is 48.5 Å². The molecule has 5 rings (SSSR count). The number of hydrogen-bond acceptors (Lipinski definition) is 8. The molecule has 0 fully saturated rings. The van der Waals surface area contributed by atoms with Crippen LogP contribution in [0.4, 0.5) is 10.2 Å². The van der Waals surface area contributed by atoms with E-state index in [1.54, 1.807) is 12.1 Å². The van der Waals surface area contributed by atoms with Gasteiger partial charge < -0.3 is 15.3 Å². The number of benzene rings is 2. The Morgan fingerprint density at radius 3 is 2.46 bits per heavy atom. The van der Waals surface area contributed by atoms with E-state index in [1.165, 1.54) is 36.4 Å². The van der Waals surface area contributed by atoms with E-state index in [0.29, 0.717) is 16.7 Å². The van der Waals surface area contributed by atoms with Crippen molar-refractivity contribution in [2.45, 2.75) is 4.90 Å². The number of phenols is 1. The first-order valence-corrected chi connectivity index (χ1v) is 11.5. The number of aromatic hydroxyl groups is 1. The molecule has 10 nitrogen and oxygen atoms in total. The largest absolute Gasteiger partial charge is 0.508 e. The van der Waals surface area contributed by atoms with Crippen LogP contribution in [-0.4, -0.2) is 28.7 Å². The fraction of sp³-hybridized carbons (Fsp3) is 0. The van der Waals surface area contributed by atoms with Crippen LogP contribution in [0.25, 0.3) is 44.9 Å². The van der Waals surface area contributed by atoms with Crippen LogP contribution in [0, 0.1) is 17.1 Å². The first-order valence-electron chi connectivity index (χ1n) is 9.97. The number of H-pyrrole nitrogens is 1. The van der Waals surface area contributed by atoms with E-state index in [-0.39, 0.29) is 50.3 Å². The normalized spacial score (nSPS) is 11.6. The van der Waals surface area contributed by atoms with Gasteiger partial charge in [0.2, 0.25) is 10.0 Å². The minimum atomic E-state index is -3.85. The van der Waals surface area contributed by atoms with E-state index >= 15 is 0 Å². The molecule has 5 aromatic rings. The van der Waals surface area contributed by atoms with Crippen LogP contribution in [0.2, 0.25) is 0 Å². The van der Waals surface area contributed by atoms with Crippen LogP contribution >= 0.6 is 0 Å². The number of sulfonamides is 1. The van der Waals surface area contributed by atoms with Crippen LogP contribution in [-0.2, 0) is 10.0 Å². The second kappa shape index (κ2) is 7.94.